The molecule has 2 unspecified atom stereocenters. The van der Waals surface area contributed by atoms with Gasteiger partial charge in [0.25, 0.3) is 0 Å². The van der Waals surface area contributed by atoms with Gasteiger partial charge in [0, 0.05) is 25.7 Å². The summed E-state index contributed by atoms with van der Waals surface area (Å²) in [6.07, 6.45) is 4.52. The Morgan fingerprint density at radius 1 is 1.24 bits per heavy atom. The van der Waals surface area contributed by atoms with E-state index in [1.54, 1.807) is 7.11 Å². The number of hydrogen-bond donors (Lipinski definition) is 1. The molecule has 3 rings (SSSR count). The predicted octanol–water partition coefficient (Wildman–Crippen LogP) is 5.03. The Bertz CT molecular complexity index is 863. The molecule has 0 bridgehead atoms. The highest BCUT2D eigenvalue weighted by Crippen LogP contribution is 2.32. The molecular formula is C26H38ClN3O3. The summed E-state index contributed by atoms with van der Waals surface area (Å²) < 4.78 is 11.2. The van der Waals surface area contributed by atoms with Crippen molar-refractivity contribution >= 4 is 18.3 Å². The molecule has 1 aliphatic rings. The van der Waals surface area contributed by atoms with Crippen LogP contribution in [0.2, 0.25) is 0 Å². The number of halogens is 1. The lowest BCUT2D eigenvalue weighted by atomic mass is 9.88. The van der Waals surface area contributed by atoms with Gasteiger partial charge < -0.3 is 14.8 Å². The summed E-state index contributed by atoms with van der Waals surface area (Å²) in [5.74, 6) is 2.30. The van der Waals surface area contributed by atoms with Crippen LogP contribution in [-0.2, 0) is 11.3 Å². The van der Waals surface area contributed by atoms with Crippen LogP contribution in [0.15, 0.2) is 42.6 Å². The first-order valence-electron chi connectivity index (χ1n) is 11.7. The summed E-state index contributed by atoms with van der Waals surface area (Å²) >= 11 is 0. The van der Waals surface area contributed by atoms with Crippen LogP contribution in [0, 0.1) is 11.8 Å². The normalized spacial score (nSPS) is 17.2. The third-order valence-electron chi connectivity index (χ3n) is 5.86. The van der Waals surface area contributed by atoms with Crippen LogP contribution >= 0.6 is 12.4 Å². The number of benzene rings is 1. The number of nitrogens with zero attached hydrogens (tertiary/aromatic N) is 2. The number of likely N-dealkylation sites (tertiary alicyclic amines) is 1. The molecule has 0 radical (unpaired) electrons. The third kappa shape index (κ3) is 7.90. The van der Waals surface area contributed by atoms with E-state index in [4.69, 9.17) is 9.47 Å². The number of pyridine rings is 1. The number of piperidine rings is 1. The molecule has 1 N–H and O–H groups in total. The molecule has 2 atom stereocenters. The van der Waals surface area contributed by atoms with E-state index in [9.17, 15) is 4.79 Å². The summed E-state index contributed by atoms with van der Waals surface area (Å²) in [6.45, 7) is 9.53. The lowest BCUT2D eigenvalue weighted by Gasteiger charge is -2.37. The zero-order valence-corrected chi connectivity index (χ0v) is 21.1. The van der Waals surface area contributed by atoms with Crippen LogP contribution in [0.25, 0.3) is 0 Å². The average molecular weight is 476 g/mol. The standard InChI is InChI=1S/C26H37N3O3.ClH/c1-5-32-23-12-11-20(16-24(23)31-4)17-29-14-8-9-21(18-29)26(22-10-6-7-13-27-22)28-25(30)15-19(2)3;/h6-7,10-13,16,19,21,26H,5,8-9,14-15,17-18H2,1-4H3,(H,28,30);1H. The fourth-order valence-corrected chi connectivity index (χ4v) is 4.45. The number of aromatic nitrogens is 1. The molecular weight excluding hydrogens is 438 g/mol. The minimum atomic E-state index is -0.0693. The van der Waals surface area contributed by atoms with Crippen LogP contribution in [0.3, 0.4) is 0 Å². The zero-order valence-electron chi connectivity index (χ0n) is 20.3. The molecule has 182 valence electrons. The Labute approximate surface area is 204 Å². The van der Waals surface area contributed by atoms with E-state index in [1.807, 2.05) is 37.4 Å². The van der Waals surface area contributed by atoms with Gasteiger partial charge in [-0.2, -0.15) is 0 Å². The van der Waals surface area contributed by atoms with Crippen LogP contribution in [-0.4, -0.2) is 42.6 Å². The second kappa shape index (κ2) is 13.4. The molecule has 0 spiro atoms. The van der Waals surface area contributed by atoms with E-state index in [0.717, 1.165) is 49.7 Å². The monoisotopic (exact) mass is 475 g/mol. The van der Waals surface area contributed by atoms with Gasteiger partial charge in [0.05, 0.1) is 25.5 Å². The SMILES string of the molecule is CCOc1ccc(CN2CCCC(C(NC(=O)CC(C)C)c3ccccn3)C2)cc1OC.Cl. The number of carbonyl (C=O) groups is 1. The van der Waals surface area contributed by atoms with Crippen molar-refractivity contribution in [3.8, 4) is 11.5 Å². The summed E-state index contributed by atoms with van der Waals surface area (Å²) in [7, 11) is 1.68. The summed E-state index contributed by atoms with van der Waals surface area (Å²) in [5, 5.41) is 3.29. The largest absolute Gasteiger partial charge is 0.493 e. The Hall–Kier alpha value is -2.31. The molecule has 0 saturated carbocycles. The number of carbonyl (C=O) groups excluding carboxylic acids is 1. The van der Waals surface area contributed by atoms with E-state index in [-0.39, 0.29) is 24.4 Å². The van der Waals surface area contributed by atoms with Crippen LogP contribution in [0.5, 0.6) is 11.5 Å². The van der Waals surface area contributed by atoms with Crippen molar-refractivity contribution in [2.45, 2.75) is 52.6 Å². The third-order valence-corrected chi connectivity index (χ3v) is 5.86. The van der Waals surface area contributed by atoms with Crippen LogP contribution < -0.4 is 14.8 Å². The van der Waals surface area contributed by atoms with Crippen molar-refractivity contribution < 1.29 is 14.3 Å². The van der Waals surface area contributed by atoms with Crippen molar-refractivity contribution in [3.63, 3.8) is 0 Å². The predicted molar refractivity (Wildman–Crippen MR) is 134 cm³/mol. The highest BCUT2D eigenvalue weighted by atomic mass is 35.5. The fraction of sp³-hybridized carbons (Fsp3) is 0.538. The maximum absolute atomic E-state index is 12.6. The van der Waals surface area contributed by atoms with Crippen LogP contribution in [0.4, 0.5) is 0 Å². The highest BCUT2D eigenvalue weighted by Gasteiger charge is 2.30. The van der Waals surface area contributed by atoms with E-state index >= 15 is 0 Å². The number of hydrogen-bond acceptors (Lipinski definition) is 5. The number of rotatable bonds is 10. The van der Waals surface area contributed by atoms with Crippen molar-refractivity contribution in [1.29, 1.82) is 0 Å². The molecule has 1 aromatic carbocycles. The maximum atomic E-state index is 12.6. The molecule has 33 heavy (non-hydrogen) atoms. The van der Waals surface area contributed by atoms with Gasteiger partial charge in [-0.05, 0) is 68.0 Å². The van der Waals surface area contributed by atoms with Gasteiger partial charge in [0.2, 0.25) is 5.91 Å². The molecule has 7 heteroatoms. The molecule has 1 aromatic heterocycles. The Morgan fingerprint density at radius 2 is 2.06 bits per heavy atom. The summed E-state index contributed by atoms with van der Waals surface area (Å²) in [5.41, 5.74) is 2.14. The minimum Gasteiger partial charge on any atom is -0.493 e. The average Bonchev–Trinajstić information content (AvgIpc) is 2.79. The number of ether oxygens (including phenoxy) is 2. The first-order valence-corrected chi connectivity index (χ1v) is 11.7. The van der Waals surface area contributed by atoms with Crippen molar-refractivity contribution in [1.82, 2.24) is 15.2 Å². The van der Waals surface area contributed by atoms with Crippen molar-refractivity contribution in [2.24, 2.45) is 11.8 Å². The maximum Gasteiger partial charge on any atom is 0.220 e. The first-order chi connectivity index (χ1) is 15.5. The van der Waals surface area contributed by atoms with Gasteiger partial charge in [-0.15, -0.1) is 12.4 Å². The van der Waals surface area contributed by atoms with Gasteiger partial charge in [-0.3, -0.25) is 14.7 Å². The molecule has 0 aliphatic carbocycles. The van der Waals surface area contributed by atoms with E-state index < -0.39 is 0 Å². The van der Waals surface area contributed by atoms with Gasteiger partial charge in [-0.1, -0.05) is 26.0 Å². The Balaban J connectivity index is 0.00000385. The smallest absolute Gasteiger partial charge is 0.220 e. The van der Waals surface area contributed by atoms with Gasteiger partial charge >= 0.3 is 0 Å². The molecule has 1 aliphatic heterocycles. The van der Waals surface area contributed by atoms with E-state index in [2.05, 4.69) is 41.2 Å². The minimum absolute atomic E-state index is 0. The second-order valence-electron chi connectivity index (χ2n) is 8.95. The lowest BCUT2D eigenvalue weighted by Crippen LogP contribution is -2.43. The number of methoxy groups -OCH3 is 1. The number of amides is 1. The van der Waals surface area contributed by atoms with Gasteiger partial charge in [0.1, 0.15) is 0 Å². The Morgan fingerprint density at radius 3 is 2.73 bits per heavy atom. The summed E-state index contributed by atoms with van der Waals surface area (Å²) in [4.78, 5) is 19.7. The molecule has 2 heterocycles. The highest BCUT2D eigenvalue weighted by molar-refractivity contribution is 5.85. The lowest BCUT2D eigenvalue weighted by molar-refractivity contribution is -0.123. The molecule has 1 saturated heterocycles. The van der Waals surface area contributed by atoms with E-state index in [1.165, 1.54) is 5.56 Å². The van der Waals surface area contributed by atoms with Crippen molar-refractivity contribution in [3.05, 3.63) is 53.9 Å². The van der Waals surface area contributed by atoms with Gasteiger partial charge in [0.15, 0.2) is 11.5 Å². The summed E-state index contributed by atoms with van der Waals surface area (Å²) in [6, 6.07) is 12.0. The Kier molecular flexibility index (Phi) is 10.9. The van der Waals surface area contributed by atoms with Gasteiger partial charge in [-0.25, -0.2) is 0 Å². The zero-order chi connectivity index (χ0) is 22.9. The molecule has 2 aromatic rings. The first kappa shape index (κ1) is 26.9. The quantitative estimate of drug-likeness (QED) is 0.522. The second-order valence-corrected chi connectivity index (χ2v) is 8.95. The topological polar surface area (TPSA) is 63.7 Å². The molecule has 1 fully saturated rings. The van der Waals surface area contributed by atoms with Crippen LogP contribution in [0.1, 0.15) is 57.3 Å². The number of nitrogens with one attached hydrogen (secondary N) is 1. The van der Waals surface area contributed by atoms with E-state index in [0.29, 0.717) is 24.9 Å². The molecule has 1 amide bonds. The van der Waals surface area contributed by atoms with Crippen molar-refractivity contribution in [2.75, 3.05) is 26.8 Å². The molecule has 6 nitrogen and oxygen atoms in total. The fourth-order valence-electron chi connectivity index (χ4n) is 4.45.